The fourth-order valence-corrected chi connectivity index (χ4v) is 4.32. The van der Waals surface area contributed by atoms with Crippen molar-refractivity contribution in [3.8, 4) is 0 Å². The number of carbonyl (C=O) groups excluding carboxylic acids is 6. The van der Waals surface area contributed by atoms with Crippen LogP contribution in [-0.2, 0) is 33.4 Å². The van der Waals surface area contributed by atoms with E-state index >= 15 is 0 Å². The minimum Gasteiger partial charge on any atom is -0.467 e. The average molecular weight is 857 g/mol. The summed E-state index contributed by atoms with van der Waals surface area (Å²) in [5.41, 5.74) is -0.0163. The Labute approximate surface area is 369 Å². The van der Waals surface area contributed by atoms with Crippen LogP contribution in [0, 0.1) is 23.2 Å². The fourth-order valence-electron chi connectivity index (χ4n) is 4.32. The molecule has 1 rings (SSSR count). The number of ketones is 1. The maximum Gasteiger partial charge on any atom is 0.325 e. The summed E-state index contributed by atoms with van der Waals surface area (Å²) in [6.07, 6.45) is 12.3. The number of nitrogens with one attached hydrogen (secondary N) is 3. The van der Waals surface area contributed by atoms with E-state index in [4.69, 9.17) is 19.1 Å². The predicted molar refractivity (Wildman–Crippen MR) is 255 cm³/mol. The number of ether oxygens (including phenoxy) is 2. The number of hydrogen-bond donors (Lipinski definition) is 3. The van der Waals surface area contributed by atoms with Gasteiger partial charge in [-0.3, -0.25) is 19.3 Å². The molecule has 0 aromatic heterocycles. The summed E-state index contributed by atoms with van der Waals surface area (Å²) in [6.45, 7) is 47.6. The van der Waals surface area contributed by atoms with Gasteiger partial charge in [0, 0.05) is 12.6 Å². The summed E-state index contributed by atoms with van der Waals surface area (Å²) in [5, 5.41) is 8.17. The molecule has 3 amide bonds. The number of aldehydes is 1. The summed E-state index contributed by atoms with van der Waals surface area (Å²) in [4.78, 5) is 65.8. The predicted octanol–water partition coefficient (Wildman–Crippen LogP) is 10.7. The van der Waals surface area contributed by atoms with Gasteiger partial charge in [-0.05, 0) is 76.7 Å². The number of Topliss-reactive ketones (excluding diaryl/α,β-unsaturated/α-hetero) is 1. The van der Waals surface area contributed by atoms with Gasteiger partial charge in [-0.15, -0.1) is 6.58 Å². The standard InChI is InChI=1S/C15H26N2O4.C15H28N2O2.C6H14.C4H8.C3H8.C2H4O.C2H6.CH2O/c1-7-15(5,6)12(4)17-14(19)16-9-13(18)21-10-11(3)20-8-2;1-6-7-13(11(4)18)16-15(19)14-8-12(10(2)3)9-17(14)5;1-4-6(3)5-2;1-3-4-2;1-3-2;1-2-3;2*1-2/h8,12H,2-3,7,9-10H2,1,4-6H3,(H2,16,17,19);10,12-14H,6-9H2,1-5H3,(H,16,19);6H,4-5H2,1-3H3;3H,1,4H2,2H3;3H2,1-2H3;2H,1H3;1-2H3;1H2/t;12-,13?,14?;;;;;;/m.1....../s1. The molecule has 3 N–H and O–H groups in total. The van der Waals surface area contributed by atoms with E-state index in [1.54, 1.807) is 6.92 Å². The van der Waals surface area contributed by atoms with Crippen LogP contribution in [0.4, 0.5) is 4.79 Å². The molecule has 60 heavy (non-hydrogen) atoms. The Morgan fingerprint density at radius 2 is 1.38 bits per heavy atom. The molecule has 0 aliphatic carbocycles. The minimum atomic E-state index is -0.568. The highest BCUT2D eigenvalue weighted by Crippen LogP contribution is 2.28. The second kappa shape index (κ2) is 49.6. The van der Waals surface area contributed by atoms with Crippen LogP contribution in [0.15, 0.2) is 37.8 Å². The Hall–Kier alpha value is -3.80. The lowest BCUT2D eigenvalue weighted by atomic mass is 9.83. The third kappa shape index (κ3) is 45.3. The van der Waals surface area contributed by atoms with E-state index in [2.05, 4.69) is 117 Å². The third-order valence-corrected chi connectivity index (χ3v) is 9.36. The van der Waals surface area contributed by atoms with Crippen LogP contribution < -0.4 is 16.0 Å². The van der Waals surface area contributed by atoms with Gasteiger partial charge in [-0.1, -0.05) is 142 Å². The maximum atomic E-state index is 12.3. The van der Waals surface area contributed by atoms with Gasteiger partial charge in [0.1, 0.15) is 32.0 Å². The molecular weight excluding hydrogens is 761 g/mol. The monoisotopic (exact) mass is 857 g/mol. The number of nitrogens with zero attached hydrogens (tertiary/aromatic N) is 1. The van der Waals surface area contributed by atoms with E-state index in [1.807, 2.05) is 47.6 Å². The van der Waals surface area contributed by atoms with Gasteiger partial charge in [0.25, 0.3) is 0 Å². The highest BCUT2D eigenvalue weighted by Gasteiger charge is 2.36. The first-order valence-corrected chi connectivity index (χ1v) is 22.1. The van der Waals surface area contributed by atoms with Gasteiger partial charge < -0.3 is 35.0 Å². The van der Waals surface area contributed by atoms with Crippen LogP contribution in [0.5, 0.6) is 0 Å². The van der Waals surface area contributed by atoms with E-state index in [0.717, 1.165) is 50.9 Å². The van der Waals surface area contributed by atoms with E-state index in [9.17, 15) is 19.2 Å². The van der Waals surface area contributed by atoms with Crippen LogP contribution in [0.1, 0.15) is 169 Å². The number of rotatable bonds is 18. The Kier molecular flexibility index (Phi) is 58.4. The molecule has 1 aliphatic rings. The molecule has 1 saturated heterocycles. The zero-order valence-corrected chi connectivity index (χ0v) is 42.0. The van der Waals surface area contributed by atoms with Crippen LogP contribution in [0.2, 0.25) is 0 Å². The third-order valence-electron chi connectivity index (χ3n) is 9.36. The molecule has 0 aromatic carbocycles. The van der Waals surface area contributed by atoms with Crippen molar-refractivity contribution in [2.24, 2.45) is 23.2 Å². The first kappa shape index (κ1) is 70.7. The van der Waals surface area contributed by atoms with Crippen molar-refractivity contribution in [3.63, 3.8) is 0 Å². The summed E-state index contributed by atoms with van der Waals surface area (Å²) in [7, 11) is 2.00. The molecule has 0 radical (unpaired) electrons. The summed E-state index contributed by atoms with van der Waals surface area (Å²) >= 11 is 0. The molecule has 0 saturated carbocycles. The van der Waals surface area contributed by atoms with Crippen LogP contribution in [0.3, 0.4) is 0 Å². The lowest BCUT2D eigenvalue weighted by Crippen LogP contribution is -2.48. The second-order valence-corrected chi connectivity index (χ2v) is 15.1. The van der Waals surface area contributed by atoms with Crippen LogP contribution in [0.25, 0.3) is 0 Å². The average Bonchev–Trinajstić information content (AvgIpc) is 3.63. The number of hydrogen-bond acceptors (Lipinski definition) is 9. The summed E-state index contributed by atoms with van der Waals surface area (Å²) < 4.78 is 9.66. The largest absolute Gasteiger partial charge is 0.467 e. The van der Waals surface area contributed by atoms with Gasteiger partial charge in [0.2, 0.25) is 5.91 Å². The lowest BCUT2D eigenvalue weighted by molar-refractivity contribution is -0.142. The van der Waals surface area contributed by atoms with E-state index in [0.29, 0.717) is 11.8 Å². The molecule has 356 valence electrons. The van der Waals surface area contributed by atoms with Crippen molar-refractivity contribution >= 4 is 36.8 Å². The molecule has 12 heteroatoms. The van der Waals surface area contributed by atoms with Crippen molar-refractivity contribution in [1.29, 1.82) is 0 Å². The molecule has 12 nitrogen and oxygen atoms in total. The minimum absolute atomic E-state index is 0.0132. The molecule has 0 aromatic rings. The number of amides is 3. The van der Waals surface area contributed by atoms with Crippen molar-refractivity contribution in [1.82, 2.24) is 20.9 Å². The number of urea groups is 1. The number of allylic oxidation sites excluding steroid dienone is 1. The lowest BCUT2D eigenvalue weighted by Gasteiger charge is -2.31. The Morgan fingerprint density at radius 3 is 1.70 bits per heavy atom. The Morgan fingerprint density at radius 1 is 0.917 bits per heavy atom. The van der Waals surface area contributed by atoms with E-state index in [1.165, 1.54) is 32.4 Å². The topological polar surface area (TPSA) is 160 Å². The maximum absolute atomic E-state index is 12.3. The first-order valence-electron chi connectivity index (χ1n) is 22.1. The molecule has 0 bridgehead atoms. The number of likely N-dealkylation sites (N-methyl/N-ethyl adjacent to an activating group) is 1. The molecule has 1 aliphatic heterocycles. The number of likely N-dealkylation sites (tertiary alicyclic amines) is 1. The van der Waals surface area contributed by atoms with E-state index < -0.39 is 12.0 Å². The smallest absolute Gasteiger partial charge is 0.325 e. The van der Waals surface area contributed by atoms with Crippen molar-refractivity contribution in [2.45, 2.75) is 187 Å². The fraction of sp³-hybridized carbons (Fsp3) is 0.750. The molecule has 4 atom stereocenters. The molecule has 0 spiro atoms. The normalized spacial score (nSPS) is 14.4. The Bertz CT molecular complexity index is 1080. The molecule has 1 fully saturated rings. The number of carbonyl (C=O) groups is 6. The zero-order valence-electron chi connectivity index (χ0n) is 42.0. The van der Waals surface area contributed by atoms with Crippen molar-refractivity contribution in [2.75, 3.05) is 26.7 Å². The summed E-state index contributed by atoms with van der Waals surface area (Å²) in [5.74, 6) is 1.87. The highest BCUT2D eigenvalue weighted by molar-refractivity contribution is 5.89. The van der Waals surface area contributed by atoms with Crippen LogP contribution in [-0.4, -0.2) is 86.5 Å². The van der Waals surface area contributed by atoms with Gasteiger partial charge in [-0.25, -0.2) is 4.79 Å². The summed E-state index contributed by atoms with van der Waals surface area (Å²) in [6, 6.07) is -0.809. The van der Waals surface area contributed by atoms with Crippen molar-refractivity contribution in [3.05, 3.63) is 37.8 Å². The van der Waals surface area contributed by atoms with Gasteiger partial charge in [-0.2, -0.15) is 0 Å². The van der Waals surface area contributed by atoms with Gasteiger partial charge in [0.05, 0.1) is 18.3 Å². The number of esters is 1. The SMILES string of the molecule is C=CCC.C=COC(=C)COC(=O)CNC(=O)NC(C)C(C)(C)CC.C=O.CC.CC=O.CCC.CCC(C)CC.CCCC(NC(=O)C1C[C@@H](C(C)C)CN1C)C(C)=O. The first-order chi connectivity index (χ1) is 28.1. The van der Waals surface area contributed by atoms with E-state index in [-0.39, 0.29) is 54.1 Å². The molecule has 3 unspecified atom stereocenters. The zero-order chi connectivity index (χ0) is 48.9. The quantitative estimate of drug-likeness (QED) is 0.0527. The second-order valence-electron chi connectivity index (χ2n) is 15.1. The molecule has 1 heterocycles. The highest BCUT2D eigenvalue weighted by atomic mass is 16.6. The van der Waals surface area contributed by atoms with Gasteiger partial charge in [0.15, 0.2) is 5.78 Å². The van der Waals surface area contributed by atoms with Crippen molar-refractivity contribution < 1.29 is 38.2 Å². The Balaban J connectivity index is -0.000000130. The van der Waals surface area contributed by atoms with Crippen LogP contribution >= 0.6 is 0 Å². The van der Waals surface area contributed by atoms with Gasteiger partial charge >= 0.3 is 12.0 Å². The molecular formula is C48H96N4O8.